The third-order valence-corrected chi connectivity index (χ3v) is 5.13. The number of anilines is 1. The fourth-order valence-corrected chi connectivity index (χ4v) is 3.53. The minimum atomic E-state index is -0.300. The smallest absolute Gasteiger partial charge is 0.162 e. The van der Waals surface area contributed by atoms with Gasteiger partial charge >= 0.3 is 0 Å². The first-order valence-corrected chi connectivity index (χ1v) is 9.55. The Morgan fingerprint density at radius 2 is 2.07 bits per heavy atom. The Morgan fingerprint density at radius 3 is 2.82 bits per heavy atom. The first-order chi connectivity index (χ1) is 13.7. The van der Waals surface area contributed by atoms with Gasteiger partial charge in [-0.25, -0.2) is 9.37 Å². The molecule has 0 saturated heterocycles. The van der Waals surface area contributed by atoms with Crippen LogP contribution in [0.25, 0.3) is 16.9 Å². The Labute approximate surface area is 166 Å². The zero-order valence-electron chi connectivity index (χ0n) is 14.9. The number of halogens is 2. The molecule has 1 fully saturated rings. The maximum absolute atomic E-state index is 14.6. The Kier molecular flexibility index (Phi) is 4.20. The van der Waals surface area contributed by atoms with Crippen LogP contribution in [0.2, 0.25) is 5.15 Å². The van der Waals surface area contributed by atoms with E-state index in [0.29, 0.717) is 28.9 Å². The molecule has 7 heteroatoms. The molecule has 5 nitrogen and oxygen atoms in total. The molecule has 4 aromatic rings. The van der Waals surface area contributed by atoms with Crippen molar-refractivity contribution in [3.05, 3.63) is 77.0 Å². The van der Waals surface area contributed by atoms with Crippen LogP contribution in [0.4, 0.5) is 10.2 Å². The highest BCUT2D eigenvalue weighted by atomic mass is 35.5. The van der Waals surface area contributed by atoms with Crippen molar-refractivity contribution in [1.29, 1.82) is 0 Å². The lowest BCUT2D eigenvalue weighted by Gasteiger charge is -2.10. The molecule has 1 aliphatic rings. The number of aromatic nitrogens is 4. The van der Waals surface area contributed by atoms with Gasteiger partial charge in [0.05, 0.1) is 11.9 Å². The third-order valence-electron chi connectivity index (χ3n) is 4.93. The number of nitrogens with zero attached hydrogens (tertiary/aromatic N) is 4. The molecule has 28 heavy (non-hydrogen) atoms. The predicted octanol–water partition coefficient (Wildman–Crippen LogP) is 5.07. The van der Waals surface area contributed by atoms with Crippen LogP contribution in [0.15, 0.2) is 54.9 Å². The van der Waals surface area contributed by atoms with E-state index >= 15 is 0 Å². The van der Waals surface area contributed by atoms with Gasteiger partial charge in [0.2, 0.25) is 0 Å². The molecule has 0 radical (unpaired) electrons. The average Bonchev–Trinajstić information content (AvgIpc) is 3.46. The molecule has 3 aromatic heterocycles. The molecule has 0 bridgehead atoms. The third kappa shape index (κ3) is 3.20. The van der Waals surface area contributed by atoms with Gasteiger partial charge in [0.15, 0.2) is 5.65 Å². The highest BCUT2D eigenvalue weighted by Crippen LogP contribution is 2.42. The van der Waals surface area contributed by atoms with Crippen molar-refractivity contribution in [3.63, 3.8) is 0 Å². The van der Waals surface area contributed by atoms with E-state index in [1.54, 1.807) is 28.9 Å². The number of rotatable bonds is 5. The first kappa shape index (κ1) is 17.1. The monoisotopic (exact) mass is 393 g/mol. The summed E-state index contributed by atoms with van der Waals surface area (Å²) in [6, 6.07) is 12.3. The van der Waals surface area contributed by atoms with E-state index in [1.165, 1.54) is 18.9 Å². The summed E-state index contributed by atoms with van der Waals surface area (Å²) in [5.74, 6) is 0.965. The van der Waals surface area contributed by atoms with Gasteiger partial charge in [-0.1, -0.05) is 23.7 Å². The van der Waals surface area contributed by atoms with Crippen LogP contribution in [-0.2, 0) is 6.54 Å². The SMILES string of the molecule is Fc1cc(CNc2cc(Cl)nc3c(C4CC4)cnn23)ccc1-c1ccccn1. The summed E-state index contributed by atoms with van der Waals surface area (Å²) in [6.45, 7) is 0.438. The molecular weight excluding hydrogens is 377 g/mol. The molecule has 1 aliphatic carbocycles. The van der Waals surface area contributed by atoms with Crippen LogP contribution < -0.4 is 5.32 Å². The highest BCUT2D eigenvalue weighted by molar-refractivity contribution is 6.29. The van der Waals surface area contributed by atoms with Crippen molar-refractivity contribution < 1.29 is 4.39 Å². The topological polar surface area (TPSA) is 55.1 Å². The van der Waals surface area contributed by atoms with E-state index in [2.05, 4.69) is 20.4 Å². The summed E-state index contributed by atoms with van der Waals surface area (Å²) in [6.07, 6.45) is 5.85. The van der Waals surface area contributed by atoms with E-state index < -0.39 is 0 Å². The highest BCUT2D eigenvalue weighted by Gasteiger charge is 2.28. The molecule has 0 amide bonds. The van der Waals surface area contributed by atoms with Crippen LogP contribution >= 0.6 is 11.6 Å². The van der Waals surface area contributed by atoms with Crippen LogP contribution in [0, 0.1) is 5.82 Å². The summed E-state index contributed by atoms with van der Waals surface area (Å²) in [7, 11) is 0. The van der Waals surface area contributed by atoms with Crippen LogP contribution in [0.1, 0.15) is 29.9 Å². The number of hydrogen-bond donors (Lipinski definition) is 1. The van der Waals surface area contributed by atoms with Gasteiger partial charge in [-0.05, 0) is 48.6 Å². The molecule has 1 N–H and O–H groups in total. The normalized spacial score (nSPS) is 13.8. The average molecular weight is 394 g/mol. The van der Waals surface area contributed by atoms with E-state index in [9.17, 15) is 4.39 Å². The molecular formula is C21H17ClFN5. The zero-order valence-corrected chi connectivity index (χ0v) is 15.7. The first-order valence-electron chi connectivity index (χ1n) is 9.17. The maximum atomic E-state index is 14.6. The summed E-state index contributed by atoms with van der Waals surface area (Å²) < 4.78 is 16.3. The van der Waals surface area contributed by atoms with Gasteiger partial charge in [0.1, 0.15) is 16.8 Å². The Hall–Kier alpha value is -2.99. The molecule has 0 atom stereocenters. The molecule has 1 aromatic carbocycles. The van der Waals surface area contributed by atoms with Gasteiger partial charge in [0.25, 0.3) is 0 Å². The zero-order chi connectivity index (χ0) is 19.1. The minimum Gasteiger partial charge on any atom is -0.366 e. The van der Waals surface area contributed by atoms with E-state index in [0.717, 1.165) is 22.6 Å². The molecule has 0 spiro atoms. The summed E-state index contributed by atoms with van der Waals surface area (Å²) in [4.78, 5) is 8.64. The van der Waals surface area contributed by atoms with Gasteiger partial charge in [-0.3, -0.25) is 4.98 Å². The minimum absolute atomic E-state index is 0.300. The summed E-state index contributed by atoms with van der Waals surface area (Å²) in [5.41, 5.74) is 3.84. The Bertz CT molecular complexity index is 1150. The second-order valence-electron chi connectivity index (χ2n) is 6.96. The maximum Gasteiger partial charge on any atom is 0.162 e. The van der Waals surface area contributed by atoms with E-state index in [4.69, 9.17) is 11.6 Å². The van der Waals surface area contributed by atoms with Crippen molar-refractivity contribution in [2.45, 2.75) is 25.3 Å². The van der Waals surface area contributed by atoms with Crippen molar-refractivity contribution in [3.8, 4) is 11.3 Å². The predicted molar refractivity (Wildman–Crippen MR) is 107 cm³/mol. The fraction of sp³-hybridized carbons (Fsp3) is 0.190. The number of benzene rings is 1. The van der Waals surface area contributed by atoms with Crippen molar-refractivity contribution in [2.75, 3.05) is 5.32 Å². The number of hydrogen-bond acceptors (Lipinski definition) is 4. The van der Waals surface area contributed by atoms with Gasteiger partial charge in [0, 0.05) is 29.9 Å². The Morgan fingerprint density at radius 1 is 1.18 bits per heavy atom. The lowest BCUT2D eigenvalue weighted by molar-refractivity contribution is 0.628. The van der Waals surface area contributed by atoms with Gasteiger partial charge in [-0.2, -0.15) is 9.61 Å². The van der Waals surface area contributed by atoms with Gasteiger partial charge < -0.3 is 5.32 Å². The largest absolute Gasteiger partial charge is 0.366 e. The second kappa shape index (κ2) is 6.87. The van der Waals surface area contributed by atoms with Crippen molar-refractivity contribution in [2.24, 2.45) is 0 Å². The van der Waals surface area contributed by atoms with Crippen molar-refractivity contribution in [1.82, 2.24) is 19.6 Å². The molecule has 1 saturated carbocycles. The Balaban J connectivity index is 1.40. The molecule has 3 heterocycles. The van der Waals surface area contributed by atoms with Crippen LogP contribution in [0.3, 0.4) is 0 Å². The number of nitrogens with one attached hydrogen (secondary N) is 1. The van der Waals surface area contributed by atoms with Gasteiger partial charge in [-0.15, -0.1) is 0 Å². The van der Waals surface area contributed by atoms with Crippen LogP contribution in [0.5, 0.6) is 0 Å². The summed E-state index contributed by atoms with van der Waals surface area (Å²) >= 11 is 6.21. The number of fused-ring (bicyclic) bond motifs is 1. The molecule has 0 unspecified atom stereocenters. The second-order valence-corrected chi connectivity index (χ2v) is 7.34. The molecule has 5 rings (SSSR count). The standard InChI is InChI=1S/C21H17ClFN5/c22-19-10-20(28-21(27-19)16(12-26-28)14-5-6-14)25-11-13-4-7-15(17(23)9-13)18-3-1-2-8-24-18/h1-4,7-10,12,14,25H,5-6,11H2. The lowest BCUT2D eigenvalue weighted by atomic mass is 10.1. The summed E-state index contributed by atoms with van der Waals surface area (Å²) in [5, 5.41) is 8.16. The van der Waals surface area contributed by atoms with Crippen LogP contribution in [-0.4, -0.2) is 19.6 Å². The quantitative estimate of drug-likeness (QED) is 0.481. The number of pyridine rings is 1. The van der Waals surface area contributed by atoms with E-state index in [-0.39, 0.29) is 5.82 Å². The fourth-order valence-electron chi connectivity index (χ4n) is 3.35. The van der Waals surface area contributed by atoms with Crippen molar-refractivity contribution >= 4 is 23.1 Å². The molecule has 0 aliphatic heterocycles. The molecule has 140 valence electrons. The van der Waals surface area contributed by atoms with E-state index in [1.807, 2.05) is 24.4 Å². The lowest BCUT2D eigenvalue weighted by Crippen LogP contribution is -2.06.